The van der Waals surface area contributed by atoms with E-state index >= 15 is 0 Å². The highest BCUT2D eigenvalue weighted by Gasteiger charge is 2.21. The molecule has 5 rings (SSSR count). The average Bonchev–Trinajstić information content (AvgIpc) is 3.20. The molecule has 0 aliphatic carbocycles. The van der Waals surface area contributed by atoms with E-state index in [4.69, 9.17) is 4.98 Å². The molecule has 2 N–H and O–H groups in total. The summed E-state index contributed by atoms with van der Waals surface area (Å²) in [5, 5.41) is 3.46. The van der Waals surface area contributed by atoms with Gasteiger partial charge in [-0.1, -0.05) is 6.07 Å². The van der Waals surface area contributed by atoms with Crippen molar-refractivity contribution in [3.63, 3.8) is 0 Å². The summed E-state index contributed by atoms with van der Waals surface area (Å²) in [6, 6.07) is 9.92. The Labute approximate surface area is 172 Å². The monoisotopic (exact) mass is 402 g/mol. The molecule has 0 amide bonds. The van der Waals surface area contributed by atoms with Gasteiger partial charge in [0.25, 0.3) is 0 Å². The van der Waals surface area contributed by atoms with E-state index in [-0.39, 0.29) is 11.7 Å². The molecule has 9 nitrogen and oxygen atoms in total. The zero-order valence-electron chi connectivity index (χ0n) is 16.6. The van der Waals surface area contributed by atoms with Gasteiger partial charge in [0.15, 0.2) is 5.82 Å². The van der Waals surface area contributed by atoms with Gasteiger partial charge in [0, 0.05) is 32.4 Å². The second kappa shape index (κ2) is 7.58. The Morgan fingerprint density at radius 3 is 2.73 bits per heavy atom. The van der Waals surface area contributed by atoms with E-state index in [0.717, 1.165) is 43.1 Å². The Balaban J connectivity index is 1.40. The van der Waals surface area contributed by atoms with Crippen molar-refractivity contribution in [1.82, 2.24) is 29.5 Å². The normalized spacial score (nSPS) is 14.9. The van der Waals surface area contributed by atoms with Gasteiger partial charge >= 0.3 is 5.69 Å². The van der Waals surface area contributed by atoms with E-state index < -0.39 is 0 Å². The van der Waals surface area contributed by atoms with Crippen LogP contribution < -0.4 is 15.9 Å². The molecule has 4 aromatic heterocycles. The van der Waals surface area contributed by atoms with Crippen LogP contribution in [0.1, 0.15) is 12.8 Å². The Morgan fingerprint density at radius 2 is 2.00 bits per heavy atom. The first-order chi connectivity index (χ1) is 14.7. The molecule has 30 heavy (non-hydrogen) atoms. The summed E-state index contributed by atoms with van der Waals surface area (Å²) >= 11 is 0. The summed E-state index contributed by atoms with van der Waals surface area (Å²) in [5.41, 5.74) is 2.61. The van der Waals surface area contributed by atoms with Gasteiger partial charge < -0.3 is 19.8 Å². The molecule has 1 fully saturated rings. The minimum absolute atomic E-state index is 0.213. The molecule has 0 bridgehead atoms. The standard InChI is InChI=1S/C21H22N8O/c1-28-13-22-12-17(28)15-5-6-16-19(25-15)20(27-21(30)26-16)24-14-7-10-29(11-8-14)18-4-2-3-9-23-18/h2-6,9,12-14H,7-8,10-11H2,1H3,(H2,24,26,27,30). The van der Waals surface area contributed by atoms with Gasteiger partial charge in [-0.2, -0.15) is 4.98 Å². The number of pyridine rings is 2. The maximum absolute atomic E-state index is 12.1. The van der Waals surface area contributed by atoms with E-state index in [2.05, 4.69) is 30.2 Å². The van der Waals surface area contributed by atoms with Crippen molar-refractivity contribution in [3.05, 3.63) is 59.5 Å². The van der Waals surface area contributed by atoms with Crippen LogP contribution in [-0.2, 0) is 7.05 Å². The van der Waals surface area contributed by atoms with Gasteiger partial charge in [-0.25, -0.2) is 19.7 Å². The number of imidazole rings is 1. The summed E-state index contributed by atoms with van der Waals surface area (Å²) in [6.45, 7) is 1.78. The van der Waals surface area contributed by atoms with Crippen molar-refractivity contribution in [2.75, 3.05) is 23.3 Å². The lowest BCUT2D eigenvalue weighted by Gasteiger charge is -2.33. The first-order valence-corrected chi connectivity index (χ1v) is 9.98. The predicted octanol–water partition coefficient (Wildman–Crippen LogP) is 2.19. The molecule has 1 aliphatic rings. The molecule has 1 aliphatic heterocycles. The van der Waals surface area contributed by atoms with E-state index in [1.165, 1.54) is 0 Å². The summed E-state index contributed by atoms with van der Waals surface area (Å²) in [5.74, 6) is 1.52. The topological polar surface area (TPSA) is 105 Å². The molecule has 0 spiro atoms. The number of nitrogens with one attached hydrogen (secondary N) is 2. The van der Waals surface area contributed by atoms with Crippen molar-refractivity contribution in [2.45, 2.75) is 18.9 Å². The number of hydrogen-bond acceptors (Lipinski definition) is 7. The lowest BCUT2D eigenvalue weighted by atomic mass is 10.0. The van der Waals surface area contributed by atoms with E-state index in [0.29, 0.717) is 16.9 Å². The third-order valence-electron chi connectivity index (χ3n) is 5.46. The Hall–Kier alpha value is -3.75. The lowest BCUT2D eigenvalue weighted by Crippen LogP contribution is -2.40. The van der Waals surface area contributed by atoms with Crippen molar-refractivity contribution in [3.8, 4) is 11.4 Å². The number of nitrogens with zero attached hydrogens (tertiary/aromatic N) is 6. The number of H-pyrrole nitrogens is 1. The minimum Gasteiger partial charge on any atom is -0.365 e. The highest BCUT2D eigenvalue weighted by Crippen LogP contribution is 2.25. The summed E-state index contributed by atoms with van der Waals surface area (Å²) in [4.78, 5) is 34.7. The molecular weight excluding hydrogens is 380 g/mol. The zero-order valence-corrected chi connectivity index (χ0v) is 16.6. The third kappa shape index (κ3) is 3.49. The molecule has 4 aromatic rings. The SMILES string of the molecule is Cn1cncc1-c1ccc2[nH]c(=O)nc(NC3CCN(c4ccccn4)CC3)c2n1. The summed E-state index contributed by atoms with van der Waals surface area (Å²) < 4.78 is 1.91. The molecular formula is C21H22N8O. The first-order valence-electron chi connectivity index (χ1n) is 9.98. The number of aromatic nitrogens is 6. The molecule has 0 radical (unpaired) electrons. The quantitative estimate of drug-likeness (QED) is 0.539. The molecule has 9 heteroatoms. The molecule has 0 unspecified atom stereocenters. The van der Waals surface area contributed by atoms with Crippen LogP contribution in [0.5, 0.6) is 0 Å². The zero-order chi connectivity index (χ0) is 20.5. The van der Waals surface area contributed by atoms with Crippen LogP contribution in [0, 0.1) is 0 Å². The Bertz CT molecular complexity index is 1220. The van der Waals surface area contributed by atoms with Gasteiger partial charge in [0.2, 0.25) is 0 Å². The molecule has 152 valence electrons. The van der Waals surface area contributed by atoms with Crippen molar-refractivity contribution in [1.29, 1.82) is 0 Å². The number of aryl methyl sites for hydroxylation is 1. The molecule has 1 saturated heterocycles. The number of anilines is 2. The van der Waals surface area contributed by atoms with Crippen LogP contribution in [-0.4, -0.2) is 48.6 Å². The average molecular weight is 402 g/mol. The van der Waals surface area contributed by atoms with E-state index in [9.17, 15) is 4.79 Å². The second-order valence-corrected chi connectivity index (χ2v) is 7.47. The maximum atomic E-state index is 12.1. The van der Waals surface area contributed by atoms with Crippen LogP contribution in [0.2, 0.25) is 0 Å². The Morgan fingerprint density at radius 1 is 1.13 bits per heavy atom. The number of aromatic amines is 1. The van der Waals surface area contributed by atoms with Crippen LogP contribution in [0.25, 0.3) is 22.4 Å². The van der Waals surface area contributed by atoms with Crippen molar-refractivity contribution in [2.24, 2.45) is 7.05 Å². The van der Waals surface area contributed by atoms with Gasteiger partial charge in [0.05, 0.1) is 29.4 Å². The van der Waals surface area contributed by atoms with Crippen LogP contribution in [0.4, 0.5) is 11.6 Å². The molecule has 0 atom stereocenters. The second-order valence-electron chi connectivity index (χ2n) is 7.47. The summed E-state index contributed by atoms with van der Waals surface area (Å²) in [7, 11) is 1.92. The van der Waals surface area contributed by atoms with E-state index in [1.54, 1.807) is 12.5 Å². The molecule has 0 saturated carbocycles. The highest BCUT2D eigenvalue weighted by atomic mass is 16.1. The van der Waals surface area contributed by atoms with Gasteiger partial charge in [-0.15, -0.1) is 0 Å². The van der Waals surface area contributed by atoms with Crippen LogP contribution in [0.15, 0.2) is 53.8 Å². The largest absolute Gasteiger partial charge is 0.365 e. The Kier molecular flexibility index (Phi) is 4.62. The van der Waals surface area contributed by atoms with E-state index in [1.807, 2.05) is 48.1 Å². The van der Waals surface area contributed by atoms with Gasteiger partial charge in [-0.3, -0.25) is 0 Å². The number of hydrogen-bond donors (Lipinski definition) is 2. The number of rotatable bonds is 4. The number of fused-ring (bicyclic) bond motifs is 1. The molecule has 0 aromatic carbocycles. The fourth-order valence-corrected chi connectivity index (χ4v) is 3.87. The van der Waals surface area contributed by atoms with Gasteiger partial charge in [0.1, 0.15) is 11.3 Å². The summed E-state index contributed by atoms with van der Waals surface area (Å²) in [6.07, 6.45) is 7.17. The number of piperidine rings is 1. The van der Waals surface area contributed by atoms with Crippen LogP contribution in [0.3, 0.4) is 0 Å². The maximum Gasteiger partial charge on any atom is 0.347 e. The van der Waals surface area contributed by atoms with Gasteiger partial charge in [-0.05, 0) is 37.1 Å². The fraction of sp³-hybridized carbons (Fsp3) is 0.286. The first kappa shape index (κ1) is 18.3. The predicted molar refractivity (Wildman–Crippen MR) is 115 cm³/mol. The van der Waals surface area contributed by atoms with Crippen molar-refractivity contribution < 1.29 is 0 Å². The minimum atomic E-state index is -0.383. The third-order valence-corrected chi connectivity index (χ3v) is 5.46. The lowest BCUT2D eigenvalue weighted by molar-refractivity contribution is 0.522. The molecule has 5 heterocycles. The van der Waals surface area contributed by atoms with Crippen LogP contribution >= 0.6 is 0 Å². The highest BCUT2D eigenvalue weighted by molar-refractivity contribution is 5.86. The van der Waals surface area contributed by atoms with Crippen molar-refractivity contribution >= 4 is 22.7 Å². The fourth-order valence-electron chi connectivity index (χ4n) is 3.87. The smallest absolute Gasteiger partial charge is 0.347 e.